The van der Waals surface area contributed by atoms with E-state index < -0.39 is 10.0 Å². The van der Waals surface area contributed by atoms with Gasteiger partial charge in [-0.2, -0.15) is 0 Å². The topological polar surface area (TPSA) is 58.2 Å². The lowest BCUT2D eigenvalue weighted by Crippen LogP contribution is -2.29. The van der Waals surface area contributed by atoms with Crippen LogP contribution in [0, 0.1) is 0 Å². The third kappa shape index (κ3) is 5.48. The minimum Gasteiger partial charge on any atom is -0.314 e. The fourth-order valence-electron chi connectivity index (χ4n) is 1.38. The summed E-state index contributed by atoms with van der Waals surface area (Å²) in [7, 11) is -3.38. The molecule has 2 N–H and O–H groups in total. The van der Waals surface area contributed by atoms with Gasteiger partial charge in [-0.25, -0.2) is 13.1 Å². The Balaban J connectivity index is 2.43. The van der Waals surface area contributed by atoms with Gasteiger partial charge in [-0.1, -0.05) is 29.8 Å². The second-order valence-corrected chi connectivity index (χ2v) is 7.00. The van der Waals surface area contributed by atoms with E-state index >= 15 is 0 Å². The first-order valence-electron chi connectivity index (χ1n) is 5.90. The van der Waals surface area contributed by atoms with E-state index in [0.29, 0.717) is 17.5 Å². The summed E-state index contributed by atoms with van der Waals surface area (Å²) in [5, 5.41) is 3.24. The number of hydrogen-bond acceptors (Lipinski definition) is 3. The molecule has 0 aliphatic rings. The van der Waals surface area contributed by atoms with Crippen molar-refractivity contribution in [1.29, 1.82) is 0 Å². The molecule has 0 bridgehead atoms. The van der Waals surface area contributed by atoms with Crippen molar-refractivity contribution in [3.63, 3.8) is 0 Å². The van der Waals surface area contributed by atoms with Crippen molar-refractivity contribution in [1.82, 2.24) is 10.0 Å². The van der Waals surface area contributed by atoms with Gasteiger partial charge in [-0.05, 0) is 37.2 Å². The number of halogens is 1. The van der Waals surface area contributed by atoms with Crippen molar-refractivity contribution in [2.75, 3.05) is 13.1 Å². The van der Waals surface area contributed by atoms with Gasteiger partial charge in [-0.3, -0.25) is 0 Å². The summed E-state index contributed by atoms with van der Waals surface area (Å²) < 4.78 is 27.2. The molecule has 0 amide bonds. The second kappa shape index (κ2) is 7.23. The highest BCUT2D eigenvalue weighted by atomic mass is 79.9. The van der Waals surface area contributed by atoms with Crippen molar-refractivity contribution < 1.29 is 8.42 Å². The molecule has 1 aromatic carbocycles. The molecule has 0 fully saturated rings. The zero-order valence-corrected chi connectivity index (χ0v) is 13.0. The van der Waals surface area contributed by atoms with Crippen LogP contribution < -0.4 is 10.0 Å². The Bertz CT molecular complexity index is 457. The molecular weight excluding hydrogens is 316 g/mol. The molecule has 0 saturated carbocycles. The molecule has 0 aliphatic carbocycles. The Kier molecular flexibility index (Phi) is 6.28. The lowest BCUT2D eigenvalue weighted by molar-refractivity contribution is 0.554. The Morgan fingerprint density at radius 1 is 1.17 bits per heavy atom. The summed E-state index contributed by atoms with van der Waals surface area (Å²) in [6, 6.07) is 7.02. The first kappa shape index (κ1) is 15.6. The first-order valence-corrected chi connectivity index (χ1v) is 8.18. The molecular formula is C12H19BrN2O2S. The highest BCUT2D eigenvalue weighted by Gasteiger charge is 2.12. The van der Waals surface area contributed by atoms with Gasteiger partial charge in [0.05, 0.1) is 4.90 Å². The smallest absolute Gasteiger partial charge is 0.240 e. The Morgan fingerprint density at radius 2 is 1.78 bits per heavy atom. The van der Waals surface area contributed by atoms with Crippen LogP contribution >= 0.6 is 15.9 Å². The van der Waals surface area contributed by atoms with Crippen LogP contribution in [0.4, 0.5) is 0 Å². The molecule has 1 aromatic rings. The lowest BCUT2D eigenvalue weighted by Gasteiger charge is -2.09. The molecule has 0 heterocycles. The fourth-order valence-corrected chi connectivity index (χ4v) is 2.72. The number of benzene rings is 1. The summed E-state index contributed by atoms with van der Waals surface area (Å²) >= 11 is 3.28. The molecule has 0 atom stereocenters. The van der Waals surface area contributed by atoms with E-state index in [2.05, 4.69) is 39.8 Å². The number of sulfonamides is 1. The van der Waals surface area contributed by atoms with E-state index in [0.717, 1.165) is 17.4 Å². The number of rotatable bonds is 7. The number of hydrogen-bond donors (Lipinski definition) is 2. The minimum atomic E-state index is -3.38. The lowest BCUT2D eigenvalue weighted by atomic mass is 10.3. The first-order chi connectivity index (χ1) is 8.42. The van der Waals surface area contributed by atoms with E-state index in [1.165, 1.54) is 0 Å². The van der Waals surface area contributed by atoms with Gasteiger partial charge >= 0.3 is 0 Å². The molecule has 0 aliphatic heterocycles. The van der Waals surface area contributed by atoms with E-state index in [1.54, 1.807) is 24.3 Å². The number of nitrogens with one attached hydrogen (secondary N) is 2. The third-order valence-electron chi connectivity index (χ3n) is 2.32. The highest BCUT2D eigenvalue weighted by molar-refractivity contribution is 9.10. The molecule has 18 heavy (non-hydrogen) atoms. The summed E-state index contributed by atoms with van der Waals surface area (Å²) in [4.78, 5) is 0.294. The van der Waals surface area contributed by atoms with Crippen LogP contribution in [0.1, 0.15) is 20.3 Å². The summed E-state index contributed by atoms with van der Waals surface area (Å²) in [6.45, 7) is 5.37. The van der Waals surface area contributed by atoms with E-state index in [4.69, 9.17) is 0 Å². The van der Waals surface area contributed by atoms with Gasteiger partial charge < -0.3 is 5.32 Å². The van der Waals surface area contributed by atoms with Crippen molar-refractivity contribution >= 4 is 26.0 Å². The maximum atomic E-state index is 11.9. The Morgan fingerprint density at radius 3 is 2.33 bits per heavy atom. The molecule has 6 heteroatoms. The van der Waals surface area contributed by atoms with Crippen molar-refractivity contribution in [2.45, 2.75) is 31.2 Å². The zero-order chi connectivity index (χ0) is 13.6. The highest BCUT2D eigenvalue weighted by Crippen LogP contribution is 2.14. The third-order valence-corrected chi connectivity index (χ3v) is 4.33. The van der Waals surface area contributed by atoms with Gasteiger partial charge in [0.2, 0.25) is 10.0 Å². The molecule has 1 rings (SSSR count). The van der Waals surface area contributed by atoms with Crippen LogP contribution in [0.3, 0.4) is 0 Å². The molecule has 0 aromatic heterocycles. The average Bonchev–Trinajstić information content (AvgIpc) is 2.28. The van der Waals surface area contributed by atoms with E-state index in [-0.39, 0.29) is 0 Å². The van der Waals surface area contributed by atoms with Crippen molar-refractivity contribution in [3.05, 3.63) is 28.7 Å². The minimum absolute atomic E-state index is 0.294. The predicted octanol–water partition coefficient (Wildman–Crippen LogP) is 2.12. The quantitative estimate of drug-likeness (QED) is 0.751. The van der Waals surface area contributed by atoms with Gasteiger partial charge in [-0.15, -0.1) is 0 Å². The second-order valence-electron chi connectivity index (χ2n) is 4.31. The van der Waals surface area contributed by atoms with Crippen LogP contribution in [-0.4, -0.2) is 27.5 Å². The van der Waals surface area contributed by atoms with E-state index in [9.17, 15) is 8.42 Å². The van der Waals surface area contributed by atoms with Crippen LogP contribution in [0.25, 0.3) is 0 Å². The fraction of sp³-hybridized carbons (Fsp3) is 0.500. The standard InChI is InChI=1S/C12H19BrN2O2S/c1-10(2)14-8-3-9-15-18(16,17)12-6-4-11(13)5-7-12/h4-7,10,14-15H,3,8-9H2,1-2H3. The molecule has 0 unspecified atom stereocenters. The van der Waals surface area contributed by atoms with Crippen LogP contribution in [0.5, 0.6) is 0 Å². The summed E-state index contributed by atoms with van der Waals surface area (Å²) in [5.41, 5.74) is 0. The summed E-state index contributed by atoms with van der Waals surface area (Å²) in [6.07, 6.45) is 0.772. The average molecular weight is 335 g/mol. The molecule has 0 spiro atoms. The molecule has 0 radical (unpaired) electrons. The van der Waals surface area contributed by atoms with Gasteiger partial charge in [0, 0.05) is 17.1 Å². The van der Waals surface area contributed by atoms with E-state index in [1.807, 2.05) is 0 Å². The monoisotopic (exact) mass is 334 g/mol. The van der Waals surface area contributed by atoms with Gasteiger partial charge in [0.25, 0.3) is 0 Å². The summed E-state index contributed by atoms with van der Waals surface area (Å²) in [5.74, 6) is 0. The van der Waals surface area contributed by atoms with Crippen LogP contribution in [0.2, 0.25) is 0 Å². The molecule has 4 nitrogen and oxygen atoms in total. The maximum absolute atomic E-state index is 11.9. The van der Waals surface area contributed by atoms with Crippen LogP contribution in [0.15, 0.2) is 33.6 Å². The van der Waals surface area contributed by atoms with Crippen LogP contribution in [-0.2, 0) is 10.0 Å². The van der Waals surface area contributed by atoms with Crippen molar-refractivity contribution in [2.24, 2.45) is 0 Å². The van der Waals surface area contributed by atoms with Crippen molar-refractivity contribution in [3.8, 4) is 0 Å². The van der Waals surface area contributed by atoms with Gasteiger partial charge in [0.1, 0.15) is 0 Å². The SMILES string of the molecule is CC(C)NCCCNS(=O)(=O)c1ccc(Br)cc1. The maximum Gasteiger partial charge on any atom is 0.240 e. The Labute approximate surface area is 117 Å². The predicted molar refractivity (Wildman–Crippen MR) is 77.1 cm³/mol. The zero-order valence-electron chi connectivity index (χ0n) is 10.6. The normalized spacial score (nSPS) is 12.0. The molecule has 0 saturated heterocycles. The largest absolute Gasteiger partial charge is 0.314 e. The Hall–Kier alpha value is -0.430. The van der Waals surface area contributed by atoms with Gasteiger partial charge in [0.15, 0.2) is 0 Å². The molecule has 102 valence electrons.